The largest absolute Gasteiger partial charge is 0.368 e. The molecule has 3 N–H and O–H groups in total. The van der Waals surface area contributed by atoms with Crippen LogP contribution in [-0.4, -0.2) is 38.9 Å². The minimum atomic E-state index is -0.316. The fourth-order valence-electron chi connectivity index (χ4n) is 2.97. The smallest absolute Gasteiger partial charge is 0.257 e. The fraction of sp³-hybridized carbons (Fsp3) is 0.0833. The van der Waals surface area contributed by atoms with Gasteiger partial charge in [-0.15, -0.1) is 0 Å². The van der Waals surface area contributed by atoms with Crippen molar-refractivity contribution < 1.29 is 4.79 Å². The average molecular weight is 436 g/mol. The average Bonchev–Trinajstić information content (AvgIpc) is 2.88. The second-order valence-corrected chi connectivity index (χ2v) is 6.94. The van der Waals surface area contributed by atoms with Crippen LogP contribution < -0.4 is 16.0 Å². The summed E-state index contributed by atoms with van der Waals surface area (Å²) in [4.78, 5) is 29.5. The molecule has 4 rings (SSSR count). The molecule has 3 heterocycles. The van der Waals surface area contributed by atoms with E-state index in [0.29, 0.717) is 41.5 Å². The van der Waals surface area contributed by atoms with Crippen LogP contribution in [0.2, 0.25) is 0 Å². The van der Waals surface area contributed by atoms with Crippen molar-refractivity contribution in [3.05, 3.63) is 90.5 Å². The van der Waals surface area contributed by atoms with E-state index in [-0.39, 0.29) is 5.91 Å². The Kier molecular flexibility index (Phi) is 6.78. The van der Waals surface area contributed by atoms with Crippen LogP contribution in [0.4, 0.5) is 17.5 Å². The first-order valence-corrected chi connectivity index (χ1v) is 10.2. The van der Waals surface area contributed by atoms with Gasteiger partial charge in [0.25, 0.3) is 5.91 Å². The molecule has 9 nitrogen and oxygen atoms in total. The minimum absolute atomic E-state index is 0.316. The molecule has 3 aromatic heterocycles. The number of nitriles is 1. The van der Waals surface area contributed by atoms with Gasteiger partial charge in [0.2, 0.25) is 5.95 Å². The number of carbonyl (C=O) groups is 1. The highest BCUT2D eigenvalue weighted by molar-refractivity contribution is 6.04. The van der Waals surface area contributed by atoms with Crippen LogP contribution in [0.15, 0.2) is 79.4 Å². The summed E-state index contributed by atoms with van der Waals surface area (Å²) in [6, 6.07) is 18.3. The van der Waals surface area contributed by atoms with Crippen molar-refractivity contribution in [1.29, 1.82) is 5.26 Å². The molecule has 0 aliphatic rings. The van der Waals surface area contributed by atoms with E-state index in [2.05, 4.69) is 42.0 Å². The maximum Gasteiger partial charge on any atom is 0.257 e. The predicted molar refractivity (Wildman–Crippen MR) is 126 cm³/mol. The van der Waals surface area contributed by atoms with Crippen molar-refractivity contribution in [2.75, 3.05) is 29.0 Å². The van der Waals surface area contributed by atoms with Crippen LogP contribution in [0.1, 0.15) is 15.9 Å². The maximum atomic E-state index is 12.5. The quantitative estimate of drug-likeness (QED) is 0.358. The van der Waals surface area contributed by atoms with Gasteiger partial charge in [-0.25, -0.2) is 15.0 Å². The summed E-state index contributed by atoms with van der Waals surface area (Å²) in [5, 5.41) is 18.1. The summed E-state index contributed by atoms with van der Waals surface area (Å²) in [6.45, 7) is 1.26. The van der Waals surface area contributed by atoms with Gasteiger partial charge in [0.1, 0.15) is 5.82 Å². The molecular formula is C24H20N8O. The number of carbonyl (C=O) groups excluding carboxylic acids is 1. The molecule has 1 aromatic carbocycles. The molecule has 4 aromatic rings. The van der Waals surface area contributed by atoms with Gasteiger partial charge < -0.3 is 16.0 Å². The Balaban J connectivity index is 1.28. The number of hydrogen-bond donors (Lipinski definition) is 3. The lowest BCUT2D eigenvalue weighted by molar-refractivity contribution is 0.102. The van der Waals surface area contributed by atoms with Crippen LogP contribution >= 0.6 is 0 Å². The summed E-state index contributed by atoms with van der Waals surface area (Å²) >= 11 is 0. The van der Waals surface area contributed by atoms with Crippen molar-refractivity contribution in [2.24, 2.45) is 0 Å². The number of hydrogen-bond acceptors (Lipinski definition) is 8. The van der Waals surface area contributed by atoms with E-state index in [9.17, 15) is 4.79 Å². The molecular weight excluding hydrogens is 416 g/mol. The van der Waals surface area contributed by atoms with E-state index < -0.39 is 0 Å². The Hall–Kier alpha value is -4.84. The lowest BCUT2D eigenvalue weighted by atomic mass is 10.1. The standard InChI is InChI=1S/C24H20N8O/c25-13-17-4-3-5-18(12-17)21-8-7-19(14-29-21)23(33)32-20-15-30-24(31-16-20)28-11-10-27-22-6-1-2-9-26-22/h1-9,12,14-16H,10-11H2,(H,26,27)(H,32,33)(H,28,30,31). The number of amides is 1. The molecule has 162 valence electrons. The second-order valence-electron chi connectivity index (χ2n) is 6.94. The van der Waals surface area contributed by atoms with Crippen LogP contribution in [0.3, 0.4) is 0 Å². The van der Waals surface area contributed by atoms with Gasteiger partial charge in [-0.1, -0.05) is 18.2 Å². The zero-order valence-electron chi connectivity index (χ0n) is 17.6. The third-order valence-electron chi connectivity index (χ3n) is 4.60. The summed E-state index contributed by atoms with van der Waals surface area (Å²) < 4.78 is 0. The van der Waals surface area contributed by atoms with E-state index in [1.807, 2.05) is 24.3 Å². The molecule has 0 aliphatic heterocycles. The van der Waals surface area contributed by atoms with Crippen LogP contribution in [-0.2, 0) is 0 Å². The number of nitrogens with one attached hydrogen (secondary N) is 3. The van der Waals surface area contributed by atoms with Gasteiger partial charge in [0.15, 0.2) is 0 Å². The van der Waals surface area contributed by atoms with E-state index in [1.165, 1.54) is 18.6 Å². The van der Waals surface area contributed by atoms with Crippen LogP contribution in [0.25, 0.3) is 11.3 Å². The first kappa shape index (κ1) is 21.4. The molecule has 0 aliphatic carbocycles. The van der Waals surface area contributed by atoms with Crippen LogP contribution in [0.5, 0.6) is 0 Å². The van der Waals surface area contributed by atoms with Gasteiger partial charge >= 0.3 is 0 Å². The first-order chi connectivity index (χ1) is 16.2. The summed E-state index contributed by atoms with van der Waals surface area (Å²) in [6.07, 6.45) is 6.29. The van der Waals surface area contributed by atoms with Crippen molar-refractivity contribution in [1.82, 2.24) is 19.9 Å². The first-order valence-electron chi connectivity index (χ1n) is 10.2. The van der Waals surface area contributed by atoms with E-state index in [0.717, 1.165) is 11.4 Å². The van der Waals surface area contributed by atoms with Gasteiger partial charge in [-0.3, -0.25) is 9.78 Å². The highest BCUT2D eigenvalue weighted by atomic mass is 16.1. The molecule has 33 heavy (non-hydrogen) atoms. The van der Waals surface area contributed by atoms with Gasteiger partial charge in [-0.2, -0.15) is 5.26 Å². The summed E-state index contributed by atoms with van der Waals surface area (Å²) in [5.41, 5.74) is 2.92. The van der Waals surface area contributed by atoms with Gasteiger partial charge in [0, 0.05) is 31.0 Å². The molecule has 0 atom stereocenters. The van der Waals surface area contributed by atoms with Crippen molar-refractivity contribution in [3.63, 3.8) is 0 Å². The molecule has 0 bridgehead atoms. The zero-order valence-corrected chi connectivity index (χ0v) is 17.6. The lowest BCUT2D eigenvalue weighted by Gasteiger charge is -2.08. The monoisotopic (exact) mass is 436 g/mol. The molecule has 0 saturated heterocycles. The Bertz CT molecular complexity index is 1250. The Morgan fingerprint density at radius 1 is 0.879 bits per heavy atom. The topological polar surface area (TPSA) is 129 Å². The number of nitrogens with zero attached hydrogens (tertiary/aromatic N) is 5. The van der Waals surface area contributed by atoms with Crippen molar-refractivity contribution in [3.8, 4) is 17.3 Å². The predicted octanol–water partition coefficient (Wildman–Crippen LogP) is 3.58. The van der Waals surface area contributed by atoms with Gasteiger partial charge in [0.05, 0.1) is 41.0 Å². The molecule has 0 unspecified atom stereocenters. The van der Waals surface area contributed by atoms with E-state index in [1.54, 1.807) is 36.5 Å². The number of rotatable bonds is 8. The van der Waals surface area contributed by atoms with E-state index in [4.69, 9.17) is 5.26 Å². The minimum Gasteiger partial charge on any atom is -0.368 e. The Morgan fingerprint density at radius 2 is 1.73 bits per heavy atom. The highest BCUT2D eigenvalue weighted by Gasteiger charge is 2.09. The molecule has 1 amide bonds. The third-order valence-corrected chi connectivity index (χ3v) is 4.60. The number of pyridine rings is 2. The number of benzene rings is 1. The summed E-state index contributed by atoms with van der Waals surface area (Å²) in [7, 11) is 0. The van der Waals surface area contributed by atoms with Gasteiger partial charge in [-0.05, 0) is 36.4 Å². The molecule has 0 spiro atoms. The van der Waals surface area contributed by atoms with E-state index >= 15 is 0 Å². The second kappa shape index (κ2) is 10.5. The number of aromatic nitrogens is 4. The van der Waals surface area contributed by atoms with Crippen molar-refractivity contribution >= 4 is 23.4 Å². The Morgan fingerprint density at radius 3 is 2.45 bits per heavy atom. The molecule has 0 saturated carbocycles. The Labute approximate surface area is 190 Å². The lowest BCUT2D eigenvalue weighted by Crippen LogP contribution is -2.16. The van der Waals surface area contributed by atoms with Crippen molar-refractivity contribution in [2.45, 2.75) is 0 Å². The molecule has 9 heteroatoms. The normalized spacial score (nSPS) is 10.2. The summed E-state index contributed by atoms with van der Waals surface area (Å²) in [5.74, 6) is 0.946. The number of anilines is 3. The fourth-order valence-corrected chi connectivity index (χ4v) is 2.97. The van der Waals surface area contributed by atoms with Crippen LogP contribution in [0, 0.1) is 11.3 Å². The SMILES string of the molecule is N#Cc1cccc(-c2ccc(C(=O)Nc3cnc(NCCNc4ccccn4)nc3)cn2)c1. The zero-order chi connectivity index (χ0) is 22.9. The third kappa shape index (κ3) is 5.86. The maximum absolute atomic E-state index is 12.5. The molecule has 0 radical (unpaired) electrons. The highest BCUT2D eigenvalue weighted by Crippen LogP contribution is 2.18. The molecule has 0 fully saturated rings.